The lowest BCUT2D eigenvalue weighted by Gasteiger charge is -2.03. The topological polar surface area (TPSA) is 59.9 Å². The summed E-state index contributed by atoms with van der Waals surface area (Å²) in [6.45, 7) is 6.56. The number of hydrogen-bond acceptors (Lipinski definition) is 4. The van der Waals surface area contributed by atoms with Crippen LogP contribution in [0.4, 0.5) is 0 Å². The molecule has 0 aromatic carbocycles. The molecule has 0 aliphatic heterocycles. The minimum Gasteiger partial charge on any atom is -0.296 e. The van der Waals surface area contributed by atoms with Crippen molar-refractivity contribution in [3.05, 3.63) is 58.1 Å². The number of aromatic nitrogens is 2. The van der Waals surface area contributed by atoms with Crippen LogP contribution in [0.3, 0.4) is 0 Å². The van der Waals surface area contributed by atoms with E-state index in [0.717, 1.165) is 16.3 Å². The van der Waals surface area contributed by atoms with Gasteiger partial charge in [-0.15, -0.1) is 18.4 Å². The average molecular weight is 415 g/mol. The van der Waals surface area contributed by atoms with Crippen molar-refractivity contribution in [3.8, 4) is 24.3 Å². The van der Waals surface area contributed by atoms with E-state index in [0.29, 0.717) is 17.7 Å². The van der Waals surface area contributed by atoms with E-state index >= 15 is 0 Å². The van der Waals surface area contributed by atoms with Crippen LogP contribution in [0.2, 0.25) is 19.6 Å². The Kier molecular flexibility index (Phi) is 10.7. The lowest BCUT2D eigenvalue weighted by Crippen LogP contribution is -2.16. The van der Waals surface area contributed by atoms with Gasteiger partial charge in [-0.05, 0) is 40.2 Å². The SMILES string of the molecule is C#C.C[Si](C)(C)C#Cc1ccc(C=O)nc1.O=Cc1ccc(Br)cn1. The first kappa shape index (κ1) is 22.5. The van der Waals surface area contributed by atoms with Gasteiger partial charge >= 0.3 is 0 Å². The molecule has 6 heteroatoms. The highest BCUT2D eigenvalue weighted by atomic mass is 79.9. The summed E-state index contributed by atoms with van der Waals surface area (Å²) < 4.78 is 0.883. The first-order valence-corrected chi connectivity index (χ1v) is 11.5. The second-order valence-corrected chi connectivity index (χ2v) is 11.3. The highest BCUT2D eigenvalue weighted by molar-refractivity contribution is 9.10. The molecule has 0 atom stereocenters. The molecule has 25 heavy (non-hydrogen) atoms. The van der Waals surface area contributed by atoms with E-state index in [4.69, 9.17) is 0 Å². The maximum Gasteiger partial charge on any atom is 0.168 e. The number of carbonyl (C=O) groups excluding carboxylic acids is 2. The minimum atomic E-state index is -1.32. The minimum absolute atomic E-state index is 0.448. The van der Waals surface area contributed by atoms with Crippen molar-refractivity contribution in [1.82, 2.24) is 9.97 Å². The fourth-order valence-corrected chi connectivity index (χ4v) is 2.02. The summed E-state index contributed by atoms with van der Waals surface area (Å²) in [6.07, 6.45) is 12.7. The number of pyridine rings is 2. The molecule has 0 saturated heterocycles. The molecule has 0 spiro atoms. The quantitative estimate of drug-likeness (QED) is 0.422. The molecule has 2 aromatic heterocycles. The van der Waals surface area contributed by atoms with E-state index in [9.17, 15) is 9.59 Å². The fourth-order valence-electron chi connectivity index (χ4n) is 1.27. The van der Waals surface area contributed by atoms with Gasteiger partial charge in [-0.3, -0.25) is 19.6 Å². The average Bonchev–Trinajstić information content (AvgIpc) is 2.63. The molecule has 0 amide bonds. The summed E-state index contributed by atoms with van der Waals surface area (Å²) in [6, 6.07) is 6.93. The van der Waals surface area contributed by atoms with E-state index in [-0.39, 0.29) is 0 Å². The number of aldehydes is 2. The Hall–Kier alpha value is -2.54. The van der Waals surface area contributed by atoms with E-state index < -0.39 is 8.07 Å². The number of terminal acetylenes is 1. The van der Waals surface area contributed by atoms with Crippen molar-refractivity contribution in [3.63, 3.8) is 0 Å². The molecule has 2 rings (SSSR count). The van der Waals surface area contributed by atoms with Crippen molar-refractivity contribution in [1.29, 1.82) is 0 Å². The summed E-state index contributed by atoms with van der Waals surface area (Å²) in [5.41, 5.74) is 5.01. The van der Waals surface area contributed by atoms with Crippen molar-refractivity contribution >= 4 is 36.6 Å². The molecule has 0 unspecified atom stereocenters. The number of nitrogens with zero attached hydrogens (tertiary/aromatic N) is 2. The third-order valence-corrected chi connectivity index (χ3v) is 3.70. The van der Waals surface area contributed by atoms with Crippen molar-refractivity contribution in [2.45, 2.75) is 19.6 Å². The molecule has 0 radical (unpaired) electrons. The number of carbonyl (C=O) groups is 2. The molecule has 4 nitrogen and oxygen atoms in total. The zero-order valence-electron chi connectivity index (χ0n) is 14.4. The van der Waals surface area contributed by atoms with Crippen LogP contribution in [0, 0.1) is 24.3 Å². The van der Waals surface area contributed by atoms with Gasteiger partial charge < -0.3 is 0 Å². The van der Waals surface area contributed by atoms with Gasteiger partial charge in [0.2, 0.25) is 0 Å². The number of rotatable bonds is 2. The van der Waals surface area contributed by atoms with Crippen LogP contribution in [-0.2, 0) is 0 Å². The molecule has 2 heterocycles. The van der Waals surface area contributed by atoms with Crippen molar-refractivity contribution in [2.75, 3.05) is 0 Å². The zero-order chi connectivity index (χ0) is 19.3. The van der Waals surface area contributed by atoms with Crippen LogP contribution in [0.15, 0.2) is 41.1 Å². The molecule has 0 N–H and O–H groups in total. The van der Waals surface area contributed by atoms with Crippen LogP contribution in [0.25, 0.3) is 0 Å². The Morgan fingerprint density at radius 2 is 1.48 bits per heavy atom. The molecule has 0 fully saturated rings. The van der Waals surface area contributed by atoms with E-state index in [1.165, 1.54) is 0 Å². The Morgan fingerprint density at radius 1 is 0.960 bits per heavy atom. The van der Waals surface area contributed by atoms with Gasteiger partial charge in [0.25, 0.3) is 0 Å². The summed E-state index contributed by atoms with van der Waals surface area (Å²) >= 11 is 3.20. The Morgan fingerprint density at radius 3 is 1.84 bits per heavy atom. The smallest absolute Gasteiger partial charge is 0.168 e. The standard InChI is InChI=1S/C11H13NOSi.C6H4BrNO.C2H2/c1-14(2,3)7-6-10-4-5-11(9-13)12-8-10;7-5-1-2-6(4-9)8-3-5;1-2/h4-5,8-9H,1-3H3;1-4H;1-2H. The molecule has 0 aliphatic carbocycles. The van der Waals surface area contributed by atoms with Gasteiger partial charge in [-0.25, -0.2) is 0 Å². The monoisotopic (exact) mass is 414 g/mol. The van der Waals surface area contributed by atoms with Crippen LogP contribution < -0.4 is 0 Å². The molecule has 128 valence electrons. The largest absolute Gasteiger partial charge is 0.296 e. The molecule has 0 bridgehead atoms. The maximum absolute atomic E-state index is 10.3. The molecular weight excluding hydrogens is 396 g/mol. The predicted octanol–water partition coefficient (Wildman–Crippen LogP) is 4.03. The summed E-state index contributed by atoms with van der Waals surface area (Å²) in [7, 11) is -1.32. The van der Waals surface area contributed by atoms with Crippen LogP contribution in [0.1, 0.15) is 26.5 Å². The lowest BCUT2D eigenvalue weighted by molar-refractivity contribution is 0.111. The van der Waals surface area contributed by atoms with Crippen molar-refractivity contribution in [2.24, 2.45) is 0 Å². The van der Waals surface area contributed by atoms with E-state index in [1.807, 2.05) is 6.07 Å². The predicted molar refractivity (Wildman–Crippen MR) is 107 cm³/mol. The van der Waals surface area contributed by atoms with Gasteiger partial charge in [0.15, 0.2) is 12.6 Å². The number of hydrogen-bond donors (Lipinski definition) is 0. The second-order valence-electron chi connectivity index (χ2n) is 5.61. The lowest BCUT2D eigenvalue weighted by atomic mass is 10.3. The van der Waals surface area contributed by atoms with Gasteiger partial charge in [-0.2, -0.15) is 0 Å². The Balaban J connectivity index is 0.000000451. The Labute approximate surface area is 158 Å². The first-order valence-electron chi connectivity index (χ1n) is 7.18. The van der Waals surface area contributed by atoms with Gasteiger partial charge in [0, 0.05) is 22.4 Å². The fraction of sp³-hybridized carbons (Fsp3) is 0.158. The highest BCUT2D eigenvalue weighted by Gasteiger charge is 2.07. The third kappa shape index (κ3) is 10.8. The van der Waals surface area contributed by atoms with E-state index in [1.54, 1.807) is 30.6 Å². The second kappa shape index (κ2) is 11.9. The van der Waals surface area contributed by atoms with Gasteiger partial charge in [0.05, 0.1) is 0 Å². The van der Waals surface area contributed by atoms with Crippen molar-refractivity contribution < 1.29 is 9.59 Å². The highest BCUT2D eigenvalue weighted by Crippen LogP contribution is 2.05. The summed E-state index contributed by atoms with van der Waals surface area (Å²) in [4.78, 5) is 28.1. The molecular formula is C19H19BrN2O2Si. The normalized spacial score (nSPS) is 9.04. The summed E-state index contributed by atoms with van der Waals surface area (Å²) in [5, 5.41) is 0. The third-order valence-electron chi connectivity index (χ3n) is 2.36. The van der Waals surface area contributed by atoms with E-state index in [2.05, 4.69) is 69.8 Å². The Bertz CT molecular complexity index is 752. The number of halogens is 1. The first-order chi connectivity index (χ1) is 11.8. The molecule has 2 aromatic rings. The van der Waals surface area contributed by atoms with Gasteiger partial charge in [0.1, 0.15) is 19.5 Å². The van der Waals surface area contributed by atoms with Crippen LogP contribution in [0.5, 0.6) is 0 Å². The zero-order valence-corrected chi connectivity index (χ0v) is 16.9. The maximum atomic E-state index is 10.3. The van der Waals surface area contributed by atoms with Crippen LogP contribution in [-0.4, -0.2) is 30.6 Å². The van der Waals surface area contributed by atoms with Gasteiger partial charge in [-0.1, -0.05) is 25.6 Å². The summed E-state index contributed by atoms with van der Waals surface area (Å²) in [5.74, 6) is 3.07. The van der Waals surface area contributed by atoms with Crippen LogP contribution >= 0.6 is 15.9 Å². The molecule has 0 saturated carbocycles. The molecule has 0 aliphatic rings.